The molecule has 0 saturated carbocycles. The fraction of sp³-hybridized carbons (Fsp3) is 0.179. The summed E-state index contributed by atoms with van der Waals surface area (Å²) in [5, 5.41) is 2.78. The molecule has 12 heteroatoms. The van der Waals surface area contributed by atoms with E-state index in [1.807, 2.05) is 0 Å². The first kappa shape index (κ1) is 29.0. The van der Waals surface area contributed by atoms with E-state index in [2.05, 4.69) is 10.3 Å². The van der Waals surface area contributed by atoms with Crippen LogP contribution in [0.1, 0.15) is 24.1 Å². The lowest BCUT2D eigenvalue weighted by molar-refractivity contribution is 0.391. The Bertz CT molecular complexity index is 1640. The summed E-state index contributed by atoms with van der Waals surface area (Å²) in [6.07, 6.45) is 0. The standard InChI is InChI=1S/C28H25ClF3N3O4S/c1-17(20-7-4-5-8-22(20)30)33-24-15-23(31)26(14-21(24)29)40(36,37)35(28-10-6-9-27(32)34-28)16-18-11-12-19(38-2)13-25(18)39-3/h4-15,17,33H,16H2,1-3H3. The van der Waals surface area contributed by atoms with Crippen LogP contribution in [0, 0.1) is 17.6 Å². The van der Waals surface area contributed by atoms with Crippen molar-refractivity contribution in [1.82, 2.24) is 4.98 Å². The summed E-state index contributed by atoms with van der Waals surface area (Å²) < 4.78 is 82.9. The quantitative estimate of drug-likeness (QED) is 0.206. The summed E-state index contributed by atoms with van der Waals surface area (Å²) in [4.78, 5) is 2.95. The lowest BCUT2D eigenvalue weighted by atomic mass is 10.1. The number of nitrogens with zero attached hydrogens (tertiary/aromatic N) is 2. The average molecular weight is 592 g/mol. The smallest absolute Gasteiger partial charge is 0.268 e. The molecule has 4 rings (SSSR count). The lowest BCUT2D eigenvalue weighted by Gasteiger charge is -2.25. The number of benzene rings is 3. The predicted molar refractivity (Wildman–Crippen MR) is 147 cm³/mol. The number of ether oxygens (including phenoxy) is 2. The minimum atomic E-state index is -4.70. The summed E-state index contributed by atoms with van der Waals surface area (Å²) in [5.74, 6) is -2.06. The molecule has 40 heavy (non-hydrogen) atoms. The molecule has 1 N–H and O–H groups in total. The molecule has 7 nitrogen and oxygen atoms in total. The Balaban J connectivity index is 1.75. The van der Waals surface area contributed by atoms with Crippen molar-refractivity contribution >= 4 is 33.1 Å². The van der Waals surface area contributed by atoms with Gasteiger partial charge in [0.25, 0.3) is 10.0 Å². The van der Waals surface area contributed by atoms with Crippen molar-refractivity contribution in [1.29, 1.82) is 0 Å². The van der Waals surface area contributed by atoms with Gasteiger partial charge in [0.1, 0.15) is 33.8 Å². The molecule has 0 aliphatic rings. The van der Waals surface area contributed by atoms with Crippen LogP contribution in [0.25, 0.3) is 0 Å². The number of aromatic nitrogens is 1. The van der Waals surface area contributed by atoms with Crippen molar-refractivity contribution < 1.29 is 31.1 Å². The molecule has 210 valence electrons. The second-order valence-corrected chi connectivity index (χ2v) is 10.9. The van der Waals surface area contributed by atoms with E-state index >= 15 is 4.39 Å². The number of pyridine rings is 1. The number of hydrogen-bond acceptors (Lipinski definition) is 6. The third-order valence-electron chi connectivity index (χ3n) is 6.10. The van der Waals surface area contributed by atoms with Crippen LogP contribution in [0.4, 0.5) is 24.7 Å². The van der Waals surface area contributed by atoms with E-state index in [9.17, 15) is 17.2 Å². The van der Waals surface area contributed by atoms with Crippen LogP contribution in [0.15, 0.2) is 77.7 Å². The molecule has 0 radical (unpaired) electrons. The van der Waals surface area contributed by atoms with E-state index in [0.29, 0.717) is 16.9 Å². The molecule has 0 amide bonds. The Morgan fingerprint density at radius 2 is 1.70 bits per heavy atom. The van der Waals surface area contributed by atoms with Gasteiger partial charge in [-0.15, -0.1) is 0 Å². The minimum Gasteiger partial charge on any atom is -0.497 e. The van der Waals surface area contributed by atoms with Crippen molar-refractivity contribution in [3.05, 3.63) is 107 Å². The molecule has 0 saturated heterocycles. The molecular formula is C28H25ClF3N3O4S. The zero-order chi connectivity index (χ0) is 29.0. The molecular weight excluding hydrogens is 567 g/mol. The Morgan fingerprint density at radius 1 is 0.950 bits per heavy atom. The maximum atomic E-state index is 15.5. The summed E-state index contributed by atoms with van der Waals surface area (Å²) >= 11 is 6.38. The third-order valence-corrected chi connectivity index (χ3v) is 8.18. The zero-order valence-corrected chi connectivity index (χ0v) is 23.2. The highest BCUT2D eigenvalue weighted by Crippen LogP contribution is 2.35. The van der Waals surface area contributed by atoms with E-state index in [0.717, 1.165) is 22.5 Å². The minimum absolute atomic E-state index is 0.0566. The van der Waals surface area contributed by atoms with Gasteiger partial charge in [0.15, 0.2) is 0 Å². The summed E-state index contributed by atoms with van der Waals surface area (Å²) in [5.41, 5.74) is 0.745. The van der Waals surface area contributed by atoms with Gasteiger partial charge in [0.05, 0.1) is 37.5 Å². The summed E-state index contributed by atoms with van der Waals surface area (Å²) in [6.45, 7) is 1.27. The highest BCUT2D eigenvalue weighted by Gasteiger charge is 2.31. The molecule has 3 aromatic carbocycles. The van der Waals surface area contributed by atoms with Gasteiger partial charge in [-0.05, 0) is 49.4 Å². The largest absolute Gasteiger partial charge is 0.497 e. The van der Waals surface area contributed by atoms with Gasteiger partial charge in [-0.2, -0.15) is 4.39 Å². The molecule has 1 atom stereocenters. The number of hydrogen-bond donors (Lipinski definition) is 1. The molecule has 1 aromatic heterocycles. The molecule has 4 aromatic rings. The number of methoxy groups -OCH3 is 2. The van der Waals surface area contributed by atoms with Crippen LogP contribution in [0.2, 0.25) is 5.02 Å². The predicted octanol–water partition coefficient (Wildman–Crippen LogP) is 6.74. The third kappa shape index (κ3) is 6.10. The Kier molecular flexibility index (Phi) is 8.75. The second kappa shape index (κ2) is 12.1. The molecule has 0 bridgehead atoms. The van der Waals surface area contributed by atoms with Gasteiger partial charge in [-0.3, -0.25) is 0 Å². The van der Waals surface area contributed by atoms with Gasteiger partial charge in [0, 0.05) is 17.2 Å². The van der Waals surface area contributed by atoms with E-state index < -0.39 is 38.5 Å². The van der Waals surface area contributed by atoms with Crippen molar-refractivity contribution in [3.63, 3.8) is 0 Å². The van der Waals surface area contributed by atoms with Crippen LogP contribution in [0.3, 0.4) is 0 Å². The Morgan fingerprint density at radius 3 is 2.38 bits per heavy atom. The monoisotopic (exact) mass is 591 g/mol. The Labute approximate surface area is 235 Å². The van der Waals surface area contributed by atoms with Gasteiger partial charge in [0.2, 0.25) is 5.95 Å². The van der Waals surface area contributed by atoms with Crippen LogP contribution in [-0.4, -0.2) is 27.6 Å². The molecule has 0 aliphatic carbocycles. The first-order valence-corrected chi connectivity index (χ1v) is 13.7. The normalized spacial score (nSPS) is 12.1. The van der Waals surface area contributed by atoms with E-state index in [4.69, 9.17) is 21.1 Å². The van der Waals surface area contributed by atoms with Crippen LogP contribution >= 0.6 is 11.6 Å². The van der Waals surface area contributed by atoms with Crippen molar-refractivity contribution in [2.24, 2.45) is 0 Å². The molecule has 0 spiro atoms. The second-order valence-electron chi connectivity index (χ2n) is 8.66. The van der Waals surface area contributed by atoms with E-state index in [1.54, 1.807) is 43.3 Å². The number of anilines is 2. The highest BCUT2D eigenvalue weighted by atomic mass is 35.5. The van der Waals surface area contributed by atoms with E-state index in [-0.39, 0.29) is 28.8 Å². The first-order chi connectivity index (χ1) is 19.0. The maximum Gasteiger partial charge on any atom is 0.268 e. The average Bonchev–Trinajstić information content (AvgIpc) is 2.93. The summed E-state index contributed by atoms with van der Waals surface area (Å²) in [6, 6.07) is 15.6. The topological polar surface area (TPSA) is 80.8 Å². The van der Waals surface area contributed by atoms with Crippen molar-refractivity contribution in [3.8, 4) is 11.5 Å². The van der Waals surface area contributed by atoms with Crippen LogP contribution in [0.5, 0.6) is 11.5 Å². The van der Waals surface area contributed by atoms with Gasteiger partial charge in [-0.25, -0.2) is 26.5 Å². The highest BCUT2D eigenvalue weighted by molar-refractivity contribution is 7.92. The van der Waals surface area contributed by atoms with Gasteiger partial charge < -0.3 is 14.8 Å². The molecule has 0 fully saturated rings. The SMILES string of the molecule is COc1ccc(CN(c2cccc(F)n2)S(=O)(=O)c2cc(Cl)c(NC(C)c3ccccc3F)cc2F)c(OC)c1. The fourth-order valence-corrected chi connectivity index (χ4v) is 5.81. The number of nitrogens with one attached hydrogen (secondary N) is 1. The van der Waals surface area contributed by atoms with Crippen molar-refractivity contribution in [2.45, 2.75) is 24.4 Å². The zero-order valence-electron chi connectivity index (χ0n) is 21.7. The summed E-state index contributed by atoms with van der Waals surface area (Å²) in [7, 11) is -1.84. The molecule has 1 heterocycles. The van der Waals surface area contributed by atoms with Gasteiger partial charge in [-0.1, -0.05) is 35.9 Å². The first-order valence-electron chi connectivity index (χ1n) is 11.9. The van der Waals surface area contributed by atoms with Gasteiger partial charge >= 0.3 is 0 Å². The molecule has 0 aliphatic heterocycles. The van der Waals surface area contributed by atoms with Crippen LogP contribution < -0.4 is 19.1 Å². The number of sulfonamides is 1. The number of halogens is 4. The fourth-order valence-electron chi connectivity index (χ4n) is 4.06. The maximum absolute atomic E-state index is 15.5. The number of rotatable bonds is 10. The lowest BCUT2D eigenvalue weighted by Crippen LogP contribution is -2.32. The van der Waals surface area contributed by atoms with E-state index in [1.165, 1.54) is 32.4 Å². The van der Waals surface area contributed by atoms with Crippen LogP contribution in [-0.2, 0) is 16.6 Å². The Hall–Kier alpha value is -3.96. The molecule has 1 unspecified atom stereocenters. The van der Waals surface area contributed by atoms with Crippen molar-refractivity contribution in [2.75, 3.05) is 23.8 Å².